The molecule has 86 valence electrons. The minimum absolute atomic E-state index is 0.229. The van der Waals surface area contributed by atoms with E-state index in [4.69, 9.17) is 10.2 Å². The maximum absolute atomic E-state index is 5.81. The first kappa shape index (κ1) is 11.1. The zero-order chi connectivity index (χ0) is 11.7. The number of aromatic nitrogens is 1. The molecule has 0 radical (unpaired) electrons. The summed E-state index contributed by atoms with van der Waals surface area (Å²) in [6.07, 6.45) is 0.960. The first-order valence-corrected chi connectivity index (χ1v) is 5.73. The first-order valence-electron chi connectivity index (χ1n) is 5.73. The predicted octanol–water partition coefficient (Wildman–Crippen LogP) is 2.90. The van der Waals surface area contributed by atoms with Crippen LogP contribution in [0.4, 0.5) is 0 Å². The Morgan fingerprint density at radius 2 is 2.12 bits per heavy atom. The van der Waals surface area contributed by atoms with Crippen molar-refractivity contribution in [2.24, 2.45) is 5.73 Å². The molecule has 0 aliphatic heterocycles. The minimum Gasteiger partial charge on any atom is -0.440 e. The van der Waals surface area contributed by atoms with E-state index in [1.165, 1.54) is 5.56 Å². The Hall–Kier alpha value is -1.35. The van der Waals surface area contributed by atoms with Gasteiger partial charge in [0.1, 0.15) is 5.52 Å². The van der Waals surface area contributed by atoms with E-state index in [0.717, 1.165) is 29.0 Å². The molecule has 1 heterocycles. The normalized spacial score (nSPS) is 13.2. The lowest BCUT2D eigenvalue weighted by molar-refractivity contribution is 0.464. The number of hydrogen-bond donors (Lipinski definition) is 1. The van der Waals surface area contributed by atoms with Gasteiger partial charge >= 0.3 is 0 Å². The molecule has 3 nitrogen and oxygen atoms in total. The van der Waals surface area contributed by atoms with Crippen molar-refractivity contribution < 1.29 is 4.42 Å². The van der Waals surface area contributed by atoms with Crippen molar-refractivity contribution >= 4 is 11.1 Å². The number of hydrogen-bond acceptors (Lipinski definition) is 3. The van der Waals surface area contributed by atoms with Crippen molar-refractivity contribution in [3.05, 3.63) is 29.2 Å². The number of benzene rings is 1. The van der Waals surface area contributed by atoms with E-state index in [1.807, 2.05) is 6.92 Å². The smallest absolute Gasteiger partial charge is 0.199 e. The van der Waals surface area contributed by atoms with E-state index in [9.17, 15) is 0 Å². The van der Waals surface area contributed by atoms with Gasteiger partial charge in [0, 0.05) is 12.5 Å². The standard InChI is InChI=1S/C13H18N2O/c1-4-10(7-14)13-15-11-6-8(2)5-9(3)12(11)16-13/h5-6,10H,4,7,14H2,1-3H3. The molecule has 2 N–H and O–H groups in total. The molecule has 1 unspecified atom stereocenters. The third kappa shape index (κ3) is 1.83. The molecule has 0 amide bonds. The Labute approximate surface area is 95.7 Å². The Morgan fingerprint density at radius 3 is 2.75 bits per heavy atom. The van der Waals surface area contributed by atoms with Crippen molar-refractivity contribution in [3.63, 3.8) is 0 Å². The van der Waals surface area contributed by atoms with Gasteiger partial charge in [0.25, 0.3) is 0 Å². The highest BCUT2D eigenvalue weighted by Gasteiger charge is 2.15. The lowest BCUT2D eigenvalue weighted by Gasteiger charge is -2.05. The highest BCUT2D eigenvalue weighted by molar-refractivity contribution is 5.77. The quantitative estimate of drug-likeness (QED) is 0.861. The van der Waals surface area contributed by atoms with Crippen molar-refractivity contribution in [1.82, 2.24) is 4.98 Å². The van der Waals surface area contributed by atoms with E-state index in [1.54, 1.807) is 0 Å². The summed E-state index contributed by atoms with van der Waals surface area (Å²) in [6.45, 7) is 6.81. The molecule has 0 bridgehead atoms. The number of fused-ring (bicyclic) bond motifs is 1. The lowest BCUT2D eigenvalue weighted by Crippen LogP contribution is -2.11. The van der Waals surface area contributed by atoms with Gasteiger partial charge < -0.3 is 10.2 Å². The van der Waals surface area contributed by atoms with E-state index >= 15 is 0 Å². The van der Waals surface area contributed by atoms with Crippen LogP contribution in [0.1, 0.15) is 36.3 Å². The van der Waals surface area contributed by atoms with Crippen molar-refractivity contribution in [3.8, 4) is 0 Å². The van der Waals surface area contributed by atoms with Gasteiger partial charge in [-0.2, -0.15) is 0 Å². The van der Waals surface area contributed by atoms with Gasteiger partial charge in [-0.25, -0.2) is 4.98 Å². The van der Waals surface area contributed by atoms with E-state index in [-0.39, 0.29) is 5.92 Å². The maximum Gasteiger partial charge on any atom is 0.199 e. The van der Waals surface area contributed by atoms with Gasteiger partial charge in [0.15, 0.2) is 11.5 Å². The van der Waals surface area contributed by atoms with Crippen LogP contribution < -0.4 is 5.73 Å². The molecule has 16 heavy (non-hydrogen) atoms. The summed E-state index contributed by atoms with van der Waals surface area (Å²) in [6, 6.07) is 4.17. The SMILES string of the molecule is CCC(CN)c1nc2cc(C)cc(C)c2o1. The summed E-state index contributed by atoms with van der Waals surface area (Å²) in [4.78, 5) is 4.53. The average Bonchev–Trinajstić information content (AvgIpc) is 2.63. The molecule has 0 saturated heterocycles. The summed E-state index contributed by atoms with van der Waals surface area (Å²) in [5.41, 5.74) is 9.90. The van der Waals surface area contributed by atoms with Crippen LogP contribution in [-0.2, 0) is 0 Å². The third-order valence-electron chi connectivity index (χ3n) is 2.96. The fourth-order valence-corrected chi connectivity index (χ4v) is 2.01. The molecule has 2 aromatic rings. The van der Waals surface area contributed by atoms with Crippen LogP contribution in [-0.4, -0.2) is 11.5 Å². The average molecular weight is 218 g/mol. The molecule has 0 aliphatic rings. The fourth-order valence-electron chi connectivity index (χ4n) is 2.01. The van der Waals surface area contributed by atoms with E-state index in [2.05, 4.69) is 31.0 Å². The molecule has 1 atom stereocenters. The van der Waals surface area contributed by atoms with Crippen molar-refractivity contribution in [2.75, 3.05) is 6.54 Å². The molecule has 2 rings (SSSR count). The van der Waals surface area contributed by atoms with Crippen molar-refractivity contribution in [2.45, 2.75) is 33.1 Å². The zero-order valence-electron chi connectivity index (χ0n) is 10.1. The summed E-state index contributed by atoms with van der Waals surface area (Å²) in [7, 11) is 0. The van der Waals surface area contributed by atoms with Gasteiger partial charge in [-0.05, 0) is 37.5 Å². The van der Waals surface area contributed by atoms with Gasteiger partial charge in [-0.1, -0.05) is 13.0 Å². The monoisotopic (exact) mass is 218 g/mol. The van der Waals surface area contributed by atoms with Gasteiger partial charge in [-0.15, -0.1) is 0 Å². The molecule has 0 fully saturated rings. The van der Waals surface area contributed by atoms with Gasteiger partial charge in [0.2, 0.25) is 0 Å². The second-order valence-electron chi connectivity index (χ2n) is 4.32. The van der Waals surface area contributed by atoms with Crippen LogP contribution in [0.3, 0.4) is 0 Å². The molecule has 3 heteroatoms. The Bertz CT molecular complexity index is 498. The molecule has 0 saturated carbocycles. The zero-order valence-corrected chi connectivity index (χ0v) is 10.1. The second-order valence-corrected chi connectivity index (χ2v) is 4.32. The Kier molecular flexibility index (Phi) is 2.97. The van der Waals surface area contributed by atoms with E-state index < -0.39 is 0 Å². The van der Waals surface area contributed by atoms with Crippen LogP contribution in [0.25, 0.3) is 11.1 Å². The maximum atomic E-state index is 5.81. The number of oxazole rings is 1. The van der Waals surface area contributed by atoms with E-state index in [0.29, 0.717) is 6.54 Å². The highest BCUT2D eigenvalue weighted by atomic mass is 16.3. The molecular formula is C13H18N2O. The fraction of sp³-hybridized carbons (Fsp3) is 0.462. The molecule has 0 aliphatic carbocycles. The van der Waals surface area contributed by atoms with Crippen LogP contribution in [0, 0.1) is 13.8 Å². The van der Waals surface area contributed by atoms with Gasteiger partial charge in [0.05, 0.1) is 0 Å². The van der Waals surface area contributed by atoms with Crippen molar-refractivity contribution in [1.29, 1.82) is 0 Å². The summed E-state index contributed by atoms with van der Waals surface area (Å²) < 4.78 is 5.81. The number of nitrogens with two attached hydrogens (primary N) is 1. The van der Waals surface area contributed by atoms with Crippen LogP contribution in [0.2, 0.25) is 0 Å². The Balaban J connectivity index is 2.55. The Morgan fingerprint density at radius 1 is 1.38 bits per heavy atom. The first-order chi connectivity index (χ1) is 7.65. The molecule has 1 aromatic carbocycles. The lowest BCUT2D eigenvalue weighted by atomic mass is 10.1. The topological polar surface area (TPSA) is 52.0 Å². The van der Waals surface area contributed by atoms with Crippen LogP contribution >= 0.6 is 0 Å². The van der Waals surface area contributed by atoms with Crippen LogP contribution in [0.15, 0.2) is 16.5 Å². The third-order valence-corrected chi connectivity index (χ3v) is 2.96. The largest absolute Gasteiger partial charge is 0.440 e. The number of rotatable bonds is 3. The highest BCUT2D eigenvalue weighted by Crippen LogP contribution is 2.26. The molecular weight excluding hydrogens is 200 g/mol. The van der Waals surface area contributed by atoms with Gasteiger partial charge in [-0.3, -0.25) is 0 Å². The van der Waals surface area contributed by atoms with Crippen LogP contribution in [0.5, 0.6) is 0 Å². The summed E-state index contributed by atoms with van der Waals surface area (Å²) >= 11 is 0. The summed E-state index contributed by atoms with van der Waals surface area (Å²) in [5, 5.41) is 0. The second kappa shape index (κ2) is 4.26. The minimum atomic E-state index is 0.229. The summed E-state index contributed by atoms with van der Waals surface area (Å²) in [5.74, 6) is 1.00. The predicted molar refractivity (Wildman–Crippen MR) is 65.6 cm³/mol. The molecule has 1 aromatic heterocycles. The molecule has 0 spiro atoms. The number of nitrogens with zero attached hydrogens (tertiary/aromatic N) is 1. The number of aryl methyl sites for hydroxylation is 2.